The van der Waals surface area contributed by atoms with E-state index in [0.29, 0.717) is 24.8 Å². The maximum atomic E-state index is 13.0. The molecule has 2 aliphatic rings. The van der Waals surface area contributed by atoms with E-state index in [0.717, 1.165) is 50.0 Å². The van der Waals surface area contributed by atoms with Crippen molar-refractivity contribution in [2.75, 3.05) is 19.6 Å². The first kappa shape index (κ1) is 20.2. The molecule has 1 saturated heterocycles. The summed E-state index contributed by atoms with van der Waals surface area (Å²) in [6.07, 6.45) is -0.440. The van der Waals surface area contributed by atoms with E-state index in [1.807, 2.05) is 18.7 Å². The van der Waals surface area contributed by atoms with Crippen LogP contribution >= 0.6 is 0 Å². The van der Waals surface area contributed by atoms with Crippen LogP contribution in [-0.4, -0.2) is 36.5 Å². The summed E-state index contributed by atoms with van der Waals surface area (Å²) in [6, 6.07) is 5.26. The number of alkyl halides is 3. The number of nitrogens with zero attached hydrogens (tertiary/aromatic N) is 1. The van der Waals surface area contributed by atoms with Crippen LogP contribution in [-0.2, 0) is 17.4 Å². The van der Waals surface area contributed by atoms with Gasteiger partial charge >= 0.3 is 6.18 Å². The van der Waals surface area contributed by atoms with Crippen LogP contribution in [0.2, 0.25) is 0 Å². The van der Waals surface area contributed by atoms with Gasteiger partial charge in [0.05, 0.1) is 5.56 Å². The second-order valence-corrected chi connectivity index (χ2v) is 7.97. The zero-order valence-electron chi connectivity index (χ0n) is 16.1. The van der Waals surface area contributed by atoms with E-state index in [9.17, 15) is 18.0 Å². The van der Waals surface area contributed by atoms with Crippen molar-refractivity contribution in [2.24, 2.45) is 17.8 Å². The van der Waals surface area contributed by atoms with Crippen molar-refractivity contribution in [3.8, 4) is 0 Å². The molecule has 1 N–H and O–H groups in total. The fourth-order valence-electron chi connectivity index (χ4n) is 4.47. The number of amides is 1. The first-order chi connectivity index (χ1) is 12.8. The minimum Gasteiger partial charge on any atom is -0.340 e. The number of carbonyl (C=O) groups excluding carboxylic acids is 1. The zero-order valence-corrected chi connectivity index (χ0v) is 16.1. The number of hydrogen-bond donors (Lipinski definition) is 1. The van der Waals surface area contributed by atoms with Crippen LogP contribution in [0, 0.1) is 17.8 Å². The van der Waals surface area contributed by atoms with Gasteiger partial charge in [0.2, 0.25) is 5.91 Å². The summed E-state index contributed by atoms with van der Waals surface area (Å²) in [5, 5.41) is 3.37. The van der Waals surface area contributed by atoms with Crippen molar-refractivity contribution in [3.05, 3.63) is 35.4 Å². The predicted molar refractivity (Wildman–Crippen MR) is 99.2 cm³/mol. The zero-order chi connectivity index (χ0) is 19.6. The molecule has 0 radical (unpaired) electrons. The molecule has 1 aliphatic carbocycles. The Hall–Kier alpha value is -1.56. The van der Waals surface area contributed by atoms with Crippen LogP contribution in [0.15, 0.2) is 24.3 Å². The fraction of sp³-hybridized carbons (Fsp3) is 0.667. The molecule has 1 aliphatic heterocycles. The normalized spacial score (nSPS) is 24.5. The molecule has 27 heavy (non-hydrogen) atoms. The number of nitrogens with one attached hydrogen (secondary N) is 1. The lowest BCUT2D eigenvalue weighted by molar-refractivity contribution is -0.137. The quantitative estimate of drug-likeness (QED) is 0.803. The molecule has 1 aromatic rings. The second-order valence-electron chi connectivity index (χ2n) is 7.97. The Morgan fingerprint density at radius 2 is 1.85 bits per heavy atom. The van der Waals surface area contributed by atoms with Gasteiger partial charge in [0.25, 0.3) is 0 Å². The van der Waals surface area contributed by atoms with Crippen molar-refractivity contribution in [1.29, 1.82) is 0 Å². The second kappa shape index (κ2) is 8.21. The fourth-order valence-corrected chi connectivity index (χ4v) is 4.47. The molecule has 2 fully saturated rings. The summed E-state index contributed by atoms with van der Waals surface area (Å²) in [6.45, 7) is 6.69. The number of halogens is 3. The van der Waals surface area contributed by atoms with Crippen molar-refractivity contribution < 1.29 is 18.0 Å². The number of carbonyl (C=O) groups is 1. The Balaban J connectivity index is 1.57. The highest BCUT2D eigenvalue weighted by Gasteiger charge is 2.49. The van der Waals surface area contributed by atoms with E-state index in [-0.39, 0.29) is 17.9 Å². The first-order valence-corrected chi connectivity index (χ1v) is 9.98. The van der Waals surface area contributed by atoms with Gasteiger partial charge in [-0.3, -0.25) is 4.79 Å². The molecular formula is C21H29F3N2O. The van der Waals surface area contributed by atoms with Crippen LogP contribution in [0.5, 0.6) is 0 Å². The monoisotopic (exact) mass is 382 g/mol. The Kier molecular flexibility index (Phi) is 6.14. The lowest BCUT2D eigenvalue weighted by atomic mass is 9.91. The molecule has 1 saturated carbocycles. The average Bonchev–Trinajstić information content (AvgIpc) is 3.43. The van der Waals surface area contributed by atoms with Gasteiger partial charge in [-0.2, -0.15) is 13.2 Å². The van der Waals surface area contributed by atoms with Gasteiger partial charge in [-0.15, -0.1) is 0 Å². The average molecular weight is 382 g/mol. The maximum absolute atomic E-state index is 13.0. The molecule has 6 heteroatoms. The third kappa shape index (κ3) is 4.84. The molecule has 3 rings (SSSR count). The van der Waals surface area contributed by atoms with Gasteiger partial charge in [0.1, 0.15) is 0 Å². The Morgan fingerprint density at radius 3 is 2.41 bits per heavy atom. The van der Waals surface area contributed by atoms with Crippen LogP contribution in [0.4, 0.5) is 13.2 Å². The lowest BCUT2D eigenvalue weighted by Crippen LogP contribution is -2.41. The summed E-state index contributed by atoms with van der Waals surface area (Å²) in [5.74, 6) is 1.54. The standard InChI is InChI=1S/C21H29F3N2O/c1-3-26(20(27)19-13-18(19)16-8-10-25-11-9-16)14(2)12-15-4-6-17(7-5-15)21(22,23)24/h4-7,14,16,18-19,25H,3,8-13H2,1-2H3/t14?,18-,19+/m0/s1. The van der Waals surface area contributed by atoms with Gasteiger partial charge in [-0.1, -0.05) is 12.1 Å². The molecular weight excluding hydrogens is 353 g/mol. The molecule has 150 valence electrons. The number of piperidine rings is 1. The highest BCUT2D eigenvalue weighted by molar-refractivity contribution is 5.82. The molecule has 1 aromatic carbocycles. The van der Waals surface area contributed by atoms with Crippen molar-refractivity contribution >= 4 is 5.91 Å². The van der Waals surface area contributed by atoms with Gasteiger partial charge in [-0.25, -0.2) is 0 Å². The Morgan fingerprint density at radius 1 is 1.22 bits per heavy atom. The first-order valence-electron chi connectivity index (χ1n) is 9.98. The van der Waals surface area contributed by atoms with E-state index in [2.05, 4.69) is 5.32 Å². The van der Waals surface area contributed by atoms with Gasteiger partial charge in [-0.05, 0) is 82.2 Å². The van der Waals surface area contributed by atoms with Crippen LogP contribution < -0.4 is 5.32 Å². The minimum absolute atomic E-state index is 0.0199. The number of rotatable bonds is 6. The number of likely N-dealkylation sites (N-methyl/N-ethyl adjacent to an activating group) is 1. The summed E-state index contributed by atoms with van der Waals surface area (Å²) >= 11 is 0. The van der Waals surface area contributed by atoms with Crippen molar-refractivity contribution in [2.45, 2.75) is 51.7 Å². The Labute approximate surface area is 159 Å². The Bertz CT molecular complexity index is 638. The van der Waals surface area contributed by atoms with Crippen LogP contribution in [0.3, 0.4) is 0 Å². The summed E-state index contributed by atoms with van der Waals surface area (Å²) in [5.41, 5.74) is 0.192. The molecule has 1 heterocycles. The SMILES string of the molecule is CCN(C(=O)[C@@H]1C[C@H]1C1CCNCC1)C(C)Cc1ccc(C(F)(F)F)cc1. The number of hydrogen-bond acceptors (Lipinski definition) is 2. The molecule has 1 amide bonds. The number of benzene rings is 1. The third-order valence-electron chi connectivity index (χ3n) is 6.11. The summed E-state index contributed by atoms with van der Waals surface area (Å²) in [4.78, 5) is 14.9. The molecule has 3 atom stereocenters. The maximum Gasteiger partial charge on any atom is 0.416 e. The van der Waals surface area contributed by atoms with Gasteiger partial charge in [0, 0.05) is 18.5 Å². The summed E-state index contributed by atoms with van der Waals surface area (Å²) in [7, 11) is 0. The highest BCUT2D eigenvalue weighted by Crippen LogP contribution is 2.48. The van der Waals surface area contributed by atoms with E-state index in [1.54, 1.807) is 0 Å². The molecule has 0 bridgehead atoms. The largest absolute Gasteiger partial charge is 0.416 e. The lowest BCUT2D eigenvalue weighted by Gasteiger charge is -2.29. The van der Waals surface area contributed by atoms with Crippen LogP contribution in [0.25, 0.3) is 0 Å². The van der Waals surface area contributed by atoms with E-state index >= 15 is 0 Å². The van der Waals surface area contributed by atoms with E-state index in [1.165, 1.54) is 12.1 Å². The molecule has 0 spiro atoms. The van der Waals surface area contributed by atoms with Gasteiger partial charge < -0.3 is 10.2 Å². The minimum atomic E-state index is -4.31. The van der Waals surface area contributed by atoms with E-state index < -0.39 is 11.7 Å². The molecule has 0 aromatic heterocycles. The predicted octanol–water partition coefficient (Wildman–Crippen LogP) is 4.12. The smallest absolute Gasteiger partial charge is 0.340 e. The van der Waals surface area contributed by atoms with Crippen LogP contribution in [0.1, 0.15) is 44.2 Å². The van der Waals surface area contributed by atoms with Crippen molar-refractivity contribution in [3.63, 3.8) is 0 Å². The van der Waals surface area contributed by atoms with E-state index in [4.69, 9.17) is 0 Å². The topological polar surface area (TPSA) is 32.3 Å². The van der Waals surface area contributed by atoms with Crippen molar-refractivity contribution in [1.82, 2.24) is 10.2 Å². The highest BCUT2D eigenvalue weighted by atomic mass is 19.4. The third-order valence-corrected chi connectivity index (χ3v) is 6.11. The summed E-state index contributed by atoms with van der Waals surface area (Å²) < 4.78 is 38.1. The molecule has 1 unspecified atom stereocenters. The van der Waals surface area contributed by atoms with Gasteiger partial charge in [0.15, 0.2) is 0 Å². The molecule has 3 nitrogen and oxygen atoms in total.